The van der Waals surface area contributed by atoms with Gasteiger partial charge in [0.1, 0.15) is 5.82 Å². The quantitative estimate of drug-likeness (QED) is 0.528. The number of hydrogen-bond acceptors (Lipinski definition) is 6. The second-order valence-corrected chi connectivity index (χ2v) is 7.77. The molecule has 6 nitrogen and oxygen atoms in total. The topological polar surface area (TPSA) is 84.7 Å². The van der Waals surface area contributed by atoms with Crippen molar-refractivity contribution < 1.29 is 4.42 Å². The Labute approximate surface area is 160 Å². The number of rotatable bonds is 4. The molecule has 0 aliphatic heterocycles. The van der Waals surface area contributed by atoms with Crippen LogP contribution in [0, 0.1) is 13.8 Å². The molecule has 4 rings (SSSR count). The number of H-pyrrole nitrogens is 1. The van der Waals surface area contributed by atoms with Gasteiger partial charge in [0.05, 0.1) is 16.2 Å². The normalized spacial score (nSPS) is 12.4. The largest absolute Gasteiger partial charge is 0.411 e. The lowest BCUT2D eigenvalue weighted by Gasteiger charge is -2.08. The molecule has 27 heavy (non-hydrogen) atoms. The first kappa shape index (κ1) is 17.5. The van der Waals surface area contributed by atoms with E-state index in [0.717, 1.165) is 16.7 Å². The molecule has 0 aliphatic carbocycles. The zero-order valence-electron chi connectivity index (χ0n) is 15.2. The molecule has 0 radical (unpaired) electrons. The molecule has 1 atom stereocenters. The van der Waals surface area contributed by atoms with Crippen LogP contribution in [0.4, 0.5) is 0 Å². The van der Waals surface area contributed by atoms with E-state index in [1.807, 2.05) is 51.1 Å². The maximum Gasteiger partial charge on any atom is 0.277 e. The molecule has 0 fully saturated rings. The van der Waals surface area contributed by atoms with Crippen LogP contribution in [0.25, 0.3) is 22.4 Å². The van der Waals surface area contributed by atoms with Crippen LogP contribution < -0.4 is 5.56 Å². The predicted octanol–water partition coefficient (Wildman–Crippen LogP) is 4.44. The van der Waals surface area contributed by atoms with E-state index in [9.17, 15) is 4.79 Å². The summed E-state index contributed by atoms with van der Waals surface area (Å²) < 4.78 is 5.81. The molecule has 2 aromatic heterocycles. The van der Waals surface area contributed by atoms with Crippen LogP contribution >= 0.6 is 11.8 Å². The van der Waals surface area contributed by atoms with Crippen LogP contribution in [0.1, 0.15) is 29.1 Å². The Kier molecular flexibility index (Phi) is 4.53. The van der Waals surface area contributed by atoms with Crippen molar-refractivity contribution in [2.24, 2.45) is 0 Å². The van der Waals surface area contributed by atoms with Crippen LogP contribution in [-0.2, 0) is 0 Å². The second kappa shape index (κ2) is 7.00. The molecule has 2 heterocycles. The van der Waals surface area contributed by atoms with Gasteiger partial charge >= 0.3 is 0 Å². The lowest BCUT2D eigenvalue weighted by molar-refractivity contribution is 0.465. The molecule has 0 saturated heterocycles. The Morgan fingerprint density at radius 1 is 1.07 bits per heavy atom. The highest BCUT2D eigenvalue weighted by Gasteiger charge is 2.17. The van der Waals surface area contributed by atoms with Gasteiger partial charge in [-0.15, -0.1) is 10.2 Å². The summed E-state index contributed by atoms with van der Waals surface area (Å²) >= 11 is 1.36. The number of aromatic amines is 1. The van der Waals surface area contributed by atoms with E-state index in [1.54, 1.807) is 6.07 Å². The highest BCUT2D eigenvalue weighted by atomic mass is 32.2. The van der Waals surface area contributed by atoms with Gasteiger partial charge in [-0.1, -0.05) is 41.1 Å². The number of fused-ring (bicyclic) bond motifs is 1. The minimum absolute atomic E-state index is 0.144. The summed E-state index contributed by atoms with van der Waals surface area (Å²) in [6.45, 7) is 6.01. The molecule has 4 aromatic rings. The summed E-state index contributed by atoms with van der Waals surface area (Å²) in [5, 5.41) is 9.15. The van der Waals surface area contributed by atoms with E-state index in [4.69, 9.17) is 4.42 Å². The average Bonchev–Trinajstić information content (AvgIpc) is 3.09. The van der Waals surface area contributed by atoms with Gasteiger partial charge in [-0.05, 0) is 45.0 Å². The monoisotopic (exact) mass is 378 g/mol. The van der Waals surface area contributed by atoms with E-state index >= 15 is 0 Å². The predicted molar refractivity (Wildman–Crippen MR) is 106 cm³/mol. The summed E-state index contributed by atoms with van der Waals surface area (Å²) in [7, 11) is 0. The first-order valence-electron chi connectivity index (χ1n) is 8.57. The molecule has 0 unspecified atom stereocenters. The molecule has 1 N–H and O–H groups in total. The summed E-state index contributed by atoms with van der Waals surface area (Å²) in [5.41, 5.74) is 3.71. The highest BCUT2D eigenvalue weighted by molar-refractivity contribution is 7.99. The van der Waals surface area contributed by atoms with Gasteiger partial charge in [-0.2, -0.15) is 0 Å². The minimum atomic E-state index is -0.149. The third-order valence-electron chi connectivity index (χ3n) is 4.17. The van der Waals surface area contributed by atoms with Crippen LogP contribution in [0.15, 0.2) is 56.9 Å². The molecule has 7 heteroatoms. The van der Waals surface area contributed by atoms with Gasteiger partial charge in [0.15, 0.2) is 0 Å². The summed E-state index contributed by atoms with van der Waals surface area (Å²) in [6.07, 6.45) is 0. The van der Waals surface area contributed by atoms with E-state index < -0.39 is 0 Å². The third-order valence-corrected chi connectivity index (χ3v) is 5.11. The van der Waals surface area contributed by atoms with Crippen LogP contribution in [-0.4, -0.2) is 20.2 Å². The number of thioether (sulfide) groups is 1. The second-order valence-electron chi connectivity index (χ2n) is 6.48. The Bertz CT molecular complexity index is 1160. The number of aromatic nitrogens is 4. The van der Waals surface area contributed by atoms with Crippen LogP contribution in [0.2, 0.25) is 0 Å². The average molecular weight is 378 g/mol. The molecule has 0 saturated carbocycles. The van der Waals surface area contributed by atoms with Gasteiger partial charge in [0.25, 0.3) is 10.8 Å². The number of nitrogens with zero attached hydrogens (tertiary/aromatic N) is 3. The first-order valence-corrected chi connectivity index (χ1v) is 9.45. The zero-order chi connectivity index (χ0) is 19.0. The van der Waals surface area contributed by atoms with Gasteiger partial charge in [-0.3, -0.25) is 4.79 Å². The van der Waals surface area contributed by atoms with Crippen molar-refractivity contribution in [1.29, 1.82) is 0 Å². The van der Waals surface area contributed by atoms with Crippen molar-refractivity contribution >= 4 is 22.7 Å². The Balaban J connectivity index is 1.59. The summed E-state index contributed by atoms with van der Waals surface area (Å²) in [5.74, 6) is 1.06. The molecule has 2 aromatic carbocycles. The van der Waals surface area contributed by atoms with E-state index in [0.29, 0.717) is 27.8 Å². The van der Waals surface area contributed by atoms with E-state index in [-0.39, 0.29) is 10.8 Å². The molecule has 0 aliphatic rings. The molecule has 0 amide bonds. The van der Waals surface area contributed by atoms with E-state index in [2.05, 4.69) is 26.2 Å². The summed E-state index contributed by atoms with van der Waals surface area (Å²) in [4.78, 5) is 19.7. The van der Waals surface area contributed by atoms with Gasteiger partial charge in [0.2, 0.25) is 5.89 Å². The molecule has 136 valence electrons. The lowest BCUT2D eigenvalue weighted by Crippen LogP contribution is -2.12. The van der Waals surface area contributed by atoms with Crippen LogP contribution in [0.3, 0.4) is 0 Å². The lowest BCUT2D eigenvalue weighted by atomic mass is 10.1. The number of benzene rings is 2. The molecular weight excluding hydrogens is 360 g/mol. The van der Waals surface area contributed by atoms with E-state index in [1.165, 1.54) is 11.8 Å². The fourth-order valence-corrected chi connectivity index (χ4v) is 3.72. The number of aryl methyl sites for hydroxylation is 2. The number of para-hydroxylation sites is 1. The number of nitrogens with one attached hydrogen (secondary N) is 1. The van der Waals surface area contributed by atoms with Crippen molar-refractivity contribution in [3.63, 3.8) is 0 Å². The highest BCUT2D eigenvalue weighted by Crippen LogP contribution is 2.33. The maximum atomic E-state index is 12.3. The SMILES string of the molecule is Cc1cc(C)cc(-c2nnc(S[C@@H](C)c3nc4ccccc4c(=O)[nH]3)o2)c1. The van der Waals surface area contributed by atoms with Crippen molar-refractivity contribution in [2.75, 3.05) is 0 Å². The van der Waals surface area contributed by atoms with Gasteiger partial charge < -0.3 is 9.40 Å². The Morgan fingerprint density at radius 2 is 1.81 bits per heavy atom. The fourth-order valence-electron chi connectivity index (χ4n) is 2.98. The standard InChI is InChI=1S/C20H18N4O2S/c1-11-8-12(2)10-14(9-11)19-23-24-20(26-19)27-13(3)17-21-16-7-5-4-6-15(16)18(25)22-17/h4-10,13H,1-3H3,(H,21,22,25)/t13-/m0/s1. The molecule has 0 bridgehead atoms. The summed E-state index contributed by atoms with van der Waals surface area (Å²) in [6, 6.07) is 13.4. The fraction of sp³-hybridized carbons (Fsp3) is 0.200. The van der Waals surface area contributed by atoms with Gasteiger partial charge in [0, 0.05) is 5.56 Å². The molecule has 0 spiro atoms. The Morgan fingerprint density at radius 3 is 2.59 bits per heavy atom. The zero-order valence-corrected chi connectivity index (χ0v) is 16.0. The third kappa shape index (κ3) is 3.64. The smallest absolute Gasteiger partial charge is 0.277 e. The van der Waals surface area contributed by atoms with Crippen molar-refractivity contribution in [3.05, 3.63) is 69.8 Å². The Hall–Kier alpha value is -2.93. The maximum absolute atomic E-state index is 12.3. The van der Waals surface area contributed by atoms with Crippen molar-refractivity contribution in [3.8, 4) is 11.5 Å². The van der Waals surface area contributed by atoms with Crippen LogP contribution in [0.5, 0.6) is 0 Å². The first-order chi connectivity index (χ1) is 13.0. The minimum Gasteiger partial charge on any atom is -0.411 e. The van der Waals surface area contributed by atoms with Crippen molar-refractivity contribution in [2.45, 2.75) is 31.2 Å². The van der Waals surface area contributed by atoms with Gasteiger partial charge in [-0.25, -0.2) is 4.98 Å². The molecular formula is C20H18N4O2S. The number of hydrogen-bond donors (Lipinski definition) is 1. The van der Waals surface area contributed by atoms with Crippen molar-refractivity contribution in [1.82, 2.24) is 20.2 Å².